The van der Waals surface area contributed by atoms with Crippen molar-refractivity contribution in [1.29, 1.82) is 0 Å². The van der Waals surface area contributed by atoms with Crippen LogP contribution in [0, 0.1) is 5.92 Å². The van der Waals surface area contributed by atoms with Crippen molar-refractivity contribution in [3.05, 3.63) is 41.7 Å². The van der Waals surface area contributed by atoms with Crippen molar-refractivity contribution in [2.75, 3.05) is 31.6 Å². The largest absolute Gasteiger partial charge is 0.479 e. The molecule has 3 heterocycles. The van der Waals surface area contributed by atoms with E-state index in [4.69, 9.17) is 9.26 Å². The van der Waals surface area contributed by atoms with E-state index in [-0.39, 0.29) is 11.8 Å². The number of anilines is 1. The van der Waals surface area contributed by atoms with Gasteiger partial charge in [-0.3, -0.25) is 14.5 Å². The molecule has 8 nitrogen and oxygen atoms in total. The van der Waals surface area contributed by atoms with E-state index in [9.17, 15) is 9.59 Å². The zero-order valence-corrected chi connectivity index (χ0v) is 23.5. The standard InChI is InChI=1S/C30H44N4O4/c1-5-29(35)34-18-16-24-10-8-11-25(33(24)17-15-22(2)3)21-32(20-23-9-6-7-12-27(23)34)30(36)14-13-26-19-28(37-4)31-38-26/h6-7,9,12,19,22,24-25H,5,8,10-11,13-18,20-21H2,1-4H3. The van der Waals surface area contributed by atoms with E-state index in [2.05, 4.69) is 30.0 Å². The number of hydrogen-bond acceptors (Lipinski definition) is 6. The van der Waals surface area contributed by atoms with Gasteiger partial charge in [-0.2, -0.15) is 0 Å². The Morgan fingerprint density at radius 2 is 1.92 bits per heavy atom. The summed E-state index contributed by atoms with van der Waals surface area (Å²) in [5, 5.41) is 3.87. The maximum Gasteiger partial charge on any atom is 0.254 e. The van der Waals surface area contributed by atoms with Gasteiger partial charge in [0.2, 0.25) is 11.8 Å². The molecule has 1 saturated heterocycles. The average molecular weight is 525 g/mol. The molecule has 8 heteroatoms. The first-order valence-corrected chi connectivity index (χ1v) is 14.3. The molecule has 1 fully saturated rings. The number of ether oxygens (including phenoxy) is 1. The van der Waals surface area contributed by atoms with Gasteiger partial charge < -0.3 is 19.1 Å². The minimum absolute atomic E-state index is 0.0914. The molecular weight excluding hydrogens is 480 g/mol. The lowest BCUT2D eigenvalue weighted by molar-refractivity contribution is -0.133. The summed E-state index contributed by atoms with van der Waals surface area (Å²) in [6.45, 7) is 9.39. The molecule has 1 aromatic heterocycles. The number of aromatic nitrogens is 1. The third kappa shape index (κ3) is 6.95. The van der Waals surface area contributed by atoms with Gasteiger partial charge in [0.1, 0.15) is 5.76 Å². The number of hydrogen-bond donors (Lipinski definition) is 0. The molecule has 2 bridgehead atoms. The fraction of sp³-hybridized carbons (Fsp3) is 0.633. The van der Waals surface area contributed by atoms with Gasteiger partial charge in [-0.15, -0.1) is 0 Å². The Morgan fingerprint density at radius 1 is 1.13 bits per heavy atom. The van der Waals surface area contributed by atoms with Gasteiger partial charge in [-0.25, -0.2) is 0 Å². The number of fused-ring (bicyclic) bond motifs is 3. The zero-order valence-electron chi connectivity index (χ0n) is 23.5. The summed E-state index contributed by atoms with van der Waals surface area (Å²) in [7, 11) is 1.55. The molecule has 2 unspecified atom stereocenters. The molecule has 0 N–H and O–H groups in total. The second-order valence-corrected chi connectivity index (χ2v) is 11.1. The number of nitrogens with zero attached hydrogens (tertiary/aromatic N) is 4. The molecule has 38 heavy (non-hydrogen) atoms. The van der Waals surface area contributed by atoms with Crippen LogP contribution in [-0.4, -0.2) is 65.6 Å². The number of piperidine rings is 1. The molecule has 2 aromatic rings. The number of carbonyl (C=O) groups excluding carboxylic acids is 2. The number of para-hydroxylation sites is 1. The number of amides is 2. The lowest BCUT2D eigenvalue weighted by Gasteiger charge is -2.44. The molecular formula is C30H44N4O4. The Hall–Kier alpha value is -2.87. The van der Waals surface area contributed by atoms with Crippen molar-refractivity contribution < 1.29 is 18.8 Å². The van der Waals surface area contributed by atoms with Crippen molar-refractivity contribution >= 4 is 17.5 Å². The Kier molecular flexibility index (Phi) is 9.83. The van der Waals surface area contributed by atoms with E-state index in [0.717, 1.165) is 49.9 Å². The van der Waals surface area contributed by atoms with Crippen LogP contribution in [0.3, 0.4) is 0 Å². The fourth-order valence-corrected chi connectivity index (χ4v) is 5.86. The number of aryl methyl sites for hydroxylation is 1. The van der Waals surface area contributed by atoms with Crippen LogP contribution in [0.15, 0.2) is 34.9 Å². The van der Waals surface area contributed by atoms with Crippen LogP contribution in [0.4, 0.5) is 5.69 Å². The van der Waals surface area contributed by atoms with Crippen LogP contribution < -0.4 is 9.64 Å². The highest BCUT2D eigenvalue weighted by Gasteiger charge is 2.34. The van der Waals surface area contributed by atoms with Crippen molar-refractivity contribution in [3.63, 3.8) is 0 Å². The van der Waals surface area contributed by atoms with Crippen LogP contribution in [-0.2, 0) is 22.6 Å². The summed E-state index contributed by atoms with van der Waals surface area (Å²) in [5.74, 6) is 1.91. The summed E-state index contributed by atoms with van der Waals surface area (Å²) < 4.78 is 10.5. The summed E-state index contributed by atoms with van der Waals surface area (Å²) in [5.41, 5.74) is 1.96. The fourth-order valence-electron chi connectivity index (χ4n) is 5.86. The van der Waals surface area contributed by atoms with Gasteiger partial charge in [-0.05, 0) is 54.9 Å². The Morgan fingerprint density at radius 3 is 2.66 bits per heavy atom. The first-order chi connectivity index (χ1) is 18.4. The highest BCUT2D eigenvalue weighted by Crippen LogP contribution is 2.31. The predicted molar refractivity (Wildman–Crippen MR) is 148 cm³/mol. The molecule has 2 atom stereocenters. The van der Waals surface area contributed by atoms with Crippen molar-refractivity contribution in [1.82, 2.24) is 15.0 Å². The Labute approximate surface area is 227 Å². The van der Waals surface area contributed by atoms with Crippen LogP contribution in [0.2, 0.25) is 0 Å². The molecule has 208 valence electrons. The molecule has 0 saturated carbocycles. The van der Waals surface area contributed by atoms with Gasteiger partial charge in [0.05, 0.1) is 7.11 Å². The van der Waals surface area contributed by atoms with Gasteiger partial charge >= 0.3 is 0 Å². The number of methoxy groups -OCH3 is 1. The maximum atomic E-state index is 13.7. The molecule has 2 aliphatic rings. The molecule has 0 spiro atoms. The van der Waals surface area contributed by atoms with Crippen LogP contribution in [0.5, 0.6) is 5.88 Å². The topological polar surface area (TPSA) is 79.1 Å². The van der Waals surface area contributed by atoms with E-state index in [0.29, 0.717) is 68.5 Å². The maximum absolute atomic E-state index is 13.7. The molecule has 1 aromatic carbocycles. The van der Waals surface area contributed by atoms with Gasteiger partial charge in [-0.1, -0.05) is 45.4 Å². The third-order valence-electron chi connectivity index (χ3n) is 8.03. The molecule has 0 radical (unpaired) electrons. The highest BCUT2D eigenvalue weighted by molar-refractivity contribution is 5.94. The minimum atomic E-state index is 0.0914. The van der Waals surface area contributed by atoms with E-state index in [1.165, 1.54) is 0 Å². The molecule has 2 amide bonds. The third-order valence-corrected chi connectivity index (χ3v) is 8.03. The second-order valence-electron chi connectivity index (χ2n) is 11.1. The van der Waals surface area contributed by atoms with Crippen molar-refractivity contribution in [3.8, 4) is 5.88 Å². The smallest absolute Gasteiger partial charge is 0.254 e. The van der Waals surface area contributed by atoms with E-state index >= 15 is 0 Å². The summed E-state index contributed by atoms with van der Waals surface area (Å²) in [4.78, 5) is 33.5. The van der Waals surface area contributed by atoms with Gasteiger partial charge in [0, 0.05) is 62.7 Å². The summed E-state index contributed by atoms with van der Waals surface area (Å²) in [6.07, 6.45) is 6.74. The van der Waals surface area contributed by atoms with E-state index in [1.807, 2.05) is 34.9 Å². The summed E-state index contributed by atoms with van der Waals surface area (Å²) in [6, 6.07) is 10.6. The van der Waals surface area contributed by atoms with Gasteiger partial charge in [0.25, 0.3) is 5.88 Å². The van der Waals surface area contributed by atoms with Crippen LogP contribution in [0.25, 0.3) is 0 Å². The zero-order chi connectivity index (χ0) is 27.1. The predicted octanol–water partition coefficient (Wildman–Crippen LogP) is 5.06. The highest BCUT2D eigenvalue weighted by atomic mass is 16.5. The molecule has 4 rings (SSSR count). The van der Waals surface area contributed by atoms with Crippen molar-refractivity contribution in [2.24, 2.45) is 5.92 Å². The average Bonchev–Trinajstić information content (AvgIpc) is 3.39. The quantitative estimate of drug-likeness (QED) is 0.480. The van der Waals surface area contributed by atoms with Crippen LogP contribution in [0.1, 0.15) is 77.0 Å². The Balaban J connectivity index is 1.65. The van der Waals surface area contributed by atoms with Crippen LogP contribution >= 0.6 is 0 Å². The molecule has 2 aliphatic heterocycles. The minimum Gasteiger partial charge on any atom is -0.479 e. The number of rotatable bonds is 8. The SMILES string of the molecule is CCC(=O)N1CCC2CCCC(CN(C(=O)CCc3cc(OC)no3)Cc3ccccc31)N2CCC(C)C. The Bertz CT molecular complexity index is 1070. The number of carbonyl (C=O) groups is 2. The first kappa shape index (κ1) is 28.1. The summed E-state index contributed by atoms with van der Waals surface area (Å²) >= 11 is 0. The van der Waals surface area contributed by atoms with E-state index < -0.39 is 0 Å². The van der Waals surface area contributed by atoms with Crippen molar-refractivity contribution in [2.45, 2.75) is 90.8 Å². The lowest BCUT2D eigenvalue weighted by atomic mass is 9.92. The normalized spacial score (nSPS) is 20.7. The number of benzene rings is 1. The first-order valence-electron chi connectivity index (χ1n) is 14.3. The second kappa shape index (κ2) is 13.3. The monoisotopic (exact) mass is 524 g/mol. The van der Waals surface area contributed by atoms with E-state index in [1.54, 1.807) is 13.2 Å². The molecule has 0 aliphatic carbocycles. The lowest BCUT2D eigenvalue weighted by Crippen LogP contribution is -2.53. The van der Waals surface area contributed by atoms with Gasteiger partial charge in [0.15, 0.2) is 0 Å².